The van der Waals surface area contributed by atoms with Crippen molar-refractivity contribution in [1.29, 1.82) is 0 Å². The average molecular weight is 514 g/mol. The minimum atomic E-state index is -0.422. The molecule has 188 valence electrons. The molecule has 2 aliphatic rings. The summed E-state index contributed by atoms with van der Waals surface area (Å²) in [6.45, 7) is 8.59. The van der Waals surface area contributed by atoms with Gasteiger partial charge in [0.2, 0.25) is 0 Å². The Morgan fingerprint density at radius 3 is 1.87 bits per heavy atom. The summed E-state index contributed by atoms with van der Waals surface area (Å²) in [5.74, 6) is 0.284. The number of fused-ring (bicyclic) bond motifs is 4. The van der Waals surface area contributed by atoms with Crippen LogP contribution in [0, 0.1) is 6.92 Å². The van der Waals surface area contributed by atoms with Gasteiger partial charge >= 0.3 is 0 Å². The molecule has 1 nitrogen and oxygen atoms in total. The van der Waals surface area contributed by atoms with Gasteiger partial charge in [-0.25, -0.2) is 0 Å². The molecule has 0 spiro atoms. The number of anilines is 3. The summed E-state index contributed by atoms with van der Waals surface area (Å²) in [6.07, 6.45) is 0. The van der Waals surface area contributed by atoms with E-state index in [1.807, 2.05) is 26.0 Å². The summed E-state index contributed by atoms with van der Waals surface area (Å²) < 4.78 is 0. The van der Waals surface area contributed by atoms with Crippen LogP contribution in [0.5, 0.6) is 0 Å². The predicted octanol–water partition coefficient (Wildman–Crippen LogP) is 10.3. The molecule has 0 aromatic heterocycles. The van der Waals surface area contributed by atoms with Crippen molar-refractivity contribution in [2.45, 2.75) is 39.0 Å². The quantitative estimate of drug-likeness (QED) is 0.222. The lowest BCUT2D eigenvalue weighted by atomic mass is 9.55. The van der Waals surface area contributed by atoms with Crippen molar-refractivity contribution in [3.05, 3.63) is 159 Å². The zero-order valence-electron chi connectivity index (χ0n) is 22.4. The van der Waals surface area contributed by atoms with Crippen LogP contribution in [-0.4, -0.2) is 0 Å². The maximum Gasteiger partial charge on any atom is 0.0750 e. The second kappa shape index (κ2) is 9.49. The van der Waals surface area contributed by atoms with Gasteiger partial charge in [0.1, 0.15) is 0 Å². The number of rotatable bonds is 2. The van der Waals surface area contributed by atoms with Crippen molar-refractivity contribution in [3.8, 4) is 0 Å². The minimum Gasteiger partial charge on any atom is -0.308 e. The molecule has 0 radical (unpaired) electrons. The number of halogens is 1. The number of hydrogen-bond acceptors (Lipinski definition) is 1. The van der Waals surface area contributed by atoms with Crippen LogP contribution in [0.25, 0.3) is 0 Å². The van der Waals surface area contributed by atoms with Gasteiger partial charge < -0.3 is 4.90 Å². The normalized spacial score (nSPS) is 18.4. The molecule has 2 heteroatoms. The molecule has 0 bridgehead atoms. The Labute approximate surface area is 231 Å². The van der Waals surface area contributed by atoms with E-state index in [4.69, 9.17) is 11.6 Å². The van der Waals surface area contributed by atoms with E-state index in [1.165, 1.54) is 50.3 Å². The van der Waals surface area contributed by atoms with Crippen LogP contribution in [0.3, 0.4) is 0 Å². The first-order valence-electron chi connectivity index (χ1n) is 13.6. The summed E-state index contributed by atoms with van der Waals surface area (Å²) in [5.41, 5.74) is 12.4. The number of aryl methyl sites for hydroxylation is 1. The monoisotopic (exact) mass is 513 g/mol. The number of benzene rings is 5. The minimum absolute atomic E-state index is 0.284. The SMILES string of the molecule is CC.Cc1ccccc1C12c3ccccc3C(C)c3cccc(c31)N(c1ccccc1Cl)c1ccccc12. The maximum atomic E-state index is 6.86. The van der Waals surface area contributed by atoms with E-state index < -0.39 is 5.41 Å². The van der Waals surface area contributed by atoms with Gasteiger partial charge in [0.05, 0.1) is 27.5 Å². The lowest BCUT2D eigenvalue weighted by Crippen LogP contribution is -2.42. The van der Waals surface area contributed by atoms with E-state index >= 15 is 0 Å². The molecule has 2 atom stereocenters. The Hall–Kier alpha value is -3.81. The van der Waals surface area contributed by atoms with Gasteiger partial charge in [0, 0.05) is 5.92 Å². The molecule has 7 rings (SSSR count). The van der Waals surface area contributed by atoms with Gasteiger partial charge in [0.15, 0.2) is 0 Å². The molecule has 1 aliphatic carbocycles. The highest BCUT2D eigenvalue weighted by Gasteiger charge is 2.52. The number of hydrogen-bond donors (Lipinski definition) is 0. The first kappa shape index (κ1) is 24.5. The third kappa shape index (κ3) is 3.25. The summed E-state index contributed by atoms with van der Waals surface area (Å²) in [7, 11) is 0. The average Bonchev–Trinajstić information content (AvgIpc) is 2.97. The molecule has 0 N–H and O–H groups in total. The Morgan fingerprint density at radius 2 is 1.13 bits per heavy atom. The van der Waals surface area contributed by atoms with Crippen molar-refractivity contribution in [1.82, 2.24) is 0 Å². The van der Waals surface area contributed by atoms with Gasteiger partial charge in [-0.1, -0.05) is 123 Å². The van der Waals surface area contributed by atoms with Crippen LogP contribution in [0.4, 0.5) is 17.1 Å². The fourth-order valence-electron chi connectivity index (χ4n) is 6.74. The predicted molar refractivity (Wildman–Crippen MR) is 162 cm³/mol. The topological polar surface area (TPSA) is 3.24 Å². The molecule has 0 amide bonds. The first-order valence-corrected chi connectivity index (χ1v) is 13.9. The van der Waals surface area contributed by atoms with E-state index in [0.29, 0.717) is 0 Å². The van der Waals surface area contributed by atoms with Crippen molar-refractivity contribution >= 4 is 28.7 Å². The molecule has 0 fully saturated rings. The maximum absolute atomic E-state index is 6.86. The van der Waals surface area contributed by atoms with E-state index in [0.717, 1.165) is 10.7 Å². The van der Waals surface area contributed by atoms with E-state index in [9.17, 15) is 0 Å². The smallest absolute Gasteiger partial charge is 0.0750 e. The van der Waals surface area contributed by atoms with Crippen LogP contribution in [0.15, 0.2) is 115 Å². The van der Waals surface area contributed by atoms with Crippen molar-refractivity contribution < 1.29 is 0 Å². The van der Waals surface area contributed by atoms with Gasteiger partial charge in [0.25, 0.3) is 0 Å². The summed E-state index contributed by atoms with van der Waals surface area (Å²) in [5, 5.41) is 0.748. The van der Waals surface area contributed by atoms with Gasteiger partial charge in [-0.3, -0.25) is 0 Å². The van der Waals surface area contributed by atoms with E-state index in [1.54, 1.807) is 0 Å². The molecule has 2 unspecified atom stereocenters. The summed E-state index contributed by atoms with van der Waals surface area (Å²) in [6, 6.07) is 41.8. The van der Waals surface area contributed by atoms with E-state index in [2.05, 4.69) is 122 Å². The Morgan fingerprint density at radius 1 is 0.579 bits per heavy atom. The van der Waals surface area contributed by atoms with E-state index in [-0.39, 0.29) is 5.92 Å². The van der Waals surface area contributed by atoms with Crippen LogP contribution in [0.1, 0.15) is 65.6 Å². The van der Waals surface area contributed by atoms with Crippen molar-refractivity contribution in [2.75, 3.05) is 4.90 Å². The van der Waals surface area contributed by atoms with Crippen molar-refractivity contribution in [2.24, 2.45) is 0 Å². The van der Waals surface area contributed by atoms with Crippen LogP contribution in [-0.2, 0) is 5.41 Å². The highest BCUT2D eigenvalue weighted by Crippen LogP contribution is 2.63. The molecular weight excluding hydrogens is 482 g/mol. The standard InChI is InChI=1S/C34H26ClN.C2H6/c1-22-12-3-5-15-26(22)34-27-16-6-4-13-24(27)23(2)25-14-11-21-32(33(25)34)36(30-19-9-7-17-28(30)34)31-20-10-8-18-29(31)35;1-2/h3-21,23H,1-2H3;1-2H3. The molecular formula is C36H32ClN. The number of nitrogens with zero attached hydrogens (tertiary/aromatic N) is 1. The van der Waals surface area contributed by atoms with Crippen LogP contribution in [0.2, 0.25) is 5.02 Å². The lowest BCUT2D eigenvalue weighted by Gasteiger charge is -2.51. The number of para-hydroxylation sites is 2. The molecule has 0 saturated carbocycles. The largest absolute Gasteiger partial charge is 0.308 e. The van der Waals surface area contributed by atoms with Crippen molar-refractivity contribution in [3.63, 3.8) is 0 Å². The Bertz CT molecular complexity index is 1650. The van der Waals surface area contributed by atoms with Gasteiger partial charge in [-0.15, -0.1) is 0 Å². The molecule has 1 heterocycles. The highest BCUT2D eigenvalue weighted by molar-refractivity contribution is 6.33. The van der Waals surface area contributed by atoms with Crippen LogP contribution < -0.4 is 4.90 Å². The first-order chi connectivity index (χ1) is 18.6. The molecule has 5 aromatic carbocycles. The molecule has 5 aromatic rings. The zero-order chi connectivity index (χ0) is 26.4. The fraction of sp³-hybridized carbons (Fsp3) is 0.167. The fourth-order valence-corrected chi connectivity index (χ4v) is 6.96. The lowest BCUT2D eigenvalue weighted by molar-refractivity contribution is 0.658. The summed E-state index contributed by atoms with van der Waals surface area (Å²) >= 11 is 6.86. The third-order valence-electron chi connectivity index (χ3n) is 8.18. The highest BCUT2D eigenvalue weighted by atomic mass is 35.5. The molecule has 0 saturated heterocycles. The Balaban J connectivity index is 0.00000129. The molecule has 38 heavy (non-hydrogen) atoms. The second-order valence-corrected chi connectivity index (χ2v) is 10.3. The molecule has 1 aliphatic heterocycles. The van der Waals surface area contributed by atoms with Gasteiger partial charge in [-0.2, -0.15) is 0 Å². The third-order valence-corrected chi connectivity index (χ3v) is 8.50. The summed E-state index contributed by atoms with van der Waals surface area (Å²) in [4.78, 5) is 2.37. The Kier molecular flexibility index (Phi) is 6.13. The zero-order valence-corrected chi connectivity index (χ0v) is 23.1. The van der Waals surface area contributed by atoms with Crippen LogP contribution >= 0.6 is 11.6 Å². The van der Waals surface area contributed by atoms with Gasteiger partial charge in [-0.05, 0) is 70.1 Å². The second-order valence-electron chi connectivity index (χ2n) is 9.92.